The van der Waals surface area contributed by atoms with Crippen molar-refractivity contribution in [1.29, 1.82) is 0 Å². The molecule has 0 aliphatic heterocycles. The van der Waals surface area contributed by atoms with Crippen LogP contribution in [-0.4, -0.2) is 23.0 Å². The van der Waals surface area contributed by atoms with E-state index >= 15 is 0 Å². The van der Waals surface area contributed by atoms with Crippen LogP contribution in [0.2, 0.25) is 15.2 Å². The third-order valence-electron chi connectivity index (χ3n) is 2.80. The largest absolute Gasteiger partial charge is 0.449 e. The molecule has 0 radical (unpaired) electrons. The molecule has 0 aliphatic rings. The van der Waals surface area contributed by atoms with Gasteiger partial charge in [-0.3, -0.25) is 4.79 Å². The number of rotatable bonds is 4. The summed E-state index contributed by atoms with van der Waals surface area (Å²) in [7, 11) is 0. The molecule has 23 heavy (non-hydrogen) atoms. The normalized spacial score (nSPS) is 11.7. The third-order valence-corrected chi connectivity index (χ3v) is 3.57. The summed E-state index contributed by atoms with van der Waals surface area (Å²) in [6.07, 6.45) is 0.333. The number of esters is 1. The molecule has 1 aromatic heterocycles. The van der Waals surface area contributed by atoms with Crippen LogP contribution < -0.4 is 5.32 Å². The van der Waals surface area contributed by atoms with E-state index in [-0.39, 0.29) is 10.7 Å². The highest BCUT2D eigenvalue weighted by Gasteiger charge is 2.20. The minimum atomic E-state index is -1.04. The molecule has 1 amide bonds. The SMILES string of the molecule is CC(OC(=O)c1ccnc(Cl)c1)C(=O)Nc1cc(Cl)ccc1Cl. The van der Waals surface area contributed by atoms with E-state index < -0.39 is 18.0 Å². The topological polar surface area (TPSA) is 68.3 Å². The number of aromatic nitrogens is 1. The summed E-state index contributed by atoms with van der Waals surface area (Å²) in [5, 5.41) is 3.44. The summed E-state index contributed by atoms with van der Waals surface area (Å²) in [5.74, 6) is -1.23. The van der Waals surface area contributed by atoms with Crippen molar-refractivity contribution in [3.8, 4) is 0 Å². The molecule has 0 spiro atoms. The van der Waals surface area contributed by atoms with Crippen molar-refractivity contribution in [2.45, 2.75) is 13.0 Å². The second-order valence-electron chi connectivity index (χ2n) is 4.53. The van der Waals surface area contributed by atoms with Crippen LogP contribution in [0.3, 0.4) is 0 Å². The van der Waals surface area contributed by atoms with Crippen LogP contribution in [0.1, 0.15) is 17.3 Å². The van der Waals surface area contributed by atoms with Crippen molar-refractivity contribution in [2.24, 2.45) is 0 Å². The Hall–Kier alpha value is -1.82. The Balaban J connectivity index is 2.02. The first-order chi connectivity index (χ1) is 10.9. The van der Waals surface area contributed by atoms with Gasteiger partial charge in [0.05, 0.1) is 16.3 Å². The molecule has 5 nitrogen and oxygen atoms in total. The summed E-state index contributed by atoms with van der Waals surface area (Å²) in [6, 6.07) is 7.43. The van der Waals surface area contributed by atoms with Crippen LogP contribution in [0, 0.1) is 0 Å². The highest BCUT2D eigenvalue weighted by Crippen LogP contribution is 2.25. The molecular formula is C15H11Cl3N2O3. The van der Waals surface area contributed by atoms with E-state index in [0.29, 0.717) is 15.7 Å². The minimum absolute atomic E-state index is 0.155. The number of carbonyl (C=O) groups excluding carboxylic acids is 2. The second-order valence-corrected chi connectivity index (χ2v) is 5.76. The molecule has 8 heteroatoms. The van der Waals surface area contributed by atoms with Crippen molar-refractivity contribution >= 4 is 52.4 Å². The van der Waals surface area contributed by atoms with Gasteiger partial charge in [0.15, 0.2) is 6.10 Å². The second kappa shape index (κ2) is 7.64. The summed E-state index contributed by atoms with van der Waals surface area (Å²) in [4.78, 5) is 27.8. The van der Waals surface area contributed by atoms with Crippen LogP contribution >= 0.6 is 34.8 Å². The van der Waals surface area contributed by atoms with Gasteiger partial charge in [-0.05, 0) is 37.3 Å². The molecule has 1 N–H and O–H groups in total. The first-order valence-electron chi connectivity index (χ1n) is 6.45. The van der Waals surface area contributed by atoms with E-state index in [9.17, 15) is 9.59 Å². The smallest absolute Gasteiger partial charge is 0.339 e. The number of hydrogen-bond acceptors (Lipinski definition) is 4. The average molecular weight is 374 g/mol. The fourth-order valence-corrected chi connectivity index (χ4v) is 2.15. The highest BCUT2D eigenvalue weighted by atomic mass is 35.5. The van der Waals surface area contributed by atoms with Gasteiger partial charge >= 0.3 is 5.97 Å². The average Bonchev–Trinajstić information content (AvgIpc) is 2.50. The Bertz CT molecular complexity index is 752. The number of halogens is 3. The molecule has 2 aromatic rings. The summed E-state index contributed by atoms with van der Waals surface area (Å²) >= 11 is 17.5. The molecule has 0 saturated heterocycles. The van der Waals surface area contributed by atoms with Crippen molar-refractivity contribution in [1.82, 2.24) is 4.98 Å². The molecule has 120 valence electrons. The molecule has 1 atom stereocenters. The van der Waals surface area contributed by atoms with E-state index in [1.165, 1.54) is 31.3 Å². The standard InChI is InChI=1S/C15H11Cl3N2O3/c1-8(23-15(22)9-4-5-19-13(18)6-9)14(21)20-12-7-10(16)2-3-11(12)17/h2-8H,1H3,(H,20,21). The van der Waals surface area contributed by atoms with E-state index in [2.05, 4.69) is 10.3 Å². The van der Waals surface area contributed by atoms with E-state index in [0.717, 1.165) is 0 Å². The predicted octanol–water partition coefficient (Wildman–Crippen LogP) is 4.23. The number of hydrogen-bond donors (Lipinski definition) is 1. The Morgan fingerprint density at radius 1 is 1.17 bits per heavy atom. The quantitative estimate of drug-likeness (QED) is 0.643. The monoisotopic (exact) mass is 372 g/mol. The highest BCUT2D eigenvalue weighted by molar-refractivity contribution is 6.35. The fraction of sp³-hybridized carbons (Fsp3) is 0.133. The van der Waals surface area contributed by atoms with Crippen LogP contribution in [0.25, 0.3) is 0 Å². The number of nitrogens with zero attached hydrogens (tertiary/aromatic N) is 1. The first-order valence-corrected chi connectivity index (χ1v) is 7.58. The molecule has 0 bridgehead atoms. The first kappa shape index (κ1) is 17.5. The maximum absolute atomic E-state index is 12.1. The zero-order valence-corrected chi connectivity index (χ0v) is 14.1. The number of ether oxygens (including phenoxy) is 1. The van der Waals surface area contributed by atoms with Gasteiger partial charge in [0.2, 0.25) is 0 Å². The van der Waals surface area contributed by atoms with Gasteiger partial charge in [-0.2, -0.15) is 0 Å². The van der Waals surface area contributed by atoms with E-state index in [1.54, 1.807) is 12.1 Å². The van der Waals surface area contributed by atoms with Gasteiger partial charge in [-0.1, -0.05) is 34.8 Å². The number of pyridine rings is 1. The zero-order chi connectivity index (χ0) is 17.0. The molecular weight excluding hydrogens is 363 g/mol. The summed E-state index contributed by atoms with van der Waals surface area (Å²) in [5.41, 5.74) is 0.532. The molecule has 0 aliphatic carbocycles. The third kappa shape index (κ3) is 4.82. The van der Waals surface area contributed by atoms with Gasteiger partial charge in [0.1, 0.15) is 5.15 Å². The van der Waals surface area contributed by atoms with Crippen LogP contribution in [0.5, 0.6) is 0 Å². The summed E-state index contributed by atoms with van der Waals surface area (Å²) < 4.78 is 5.08. The lowest BCUT2D eigenvalue weighted by atomic mass is 10.2. The van der Waals surface area contributed by atoms with E-state index in [4.69, 9.17) is 39.5 Å². The number of anilines is 1. The van der Waals surface area contributed by atoms with Crippen LogP contribution in [-0.2, 0) is 9.53 Å². The molecule has 0 fully saturated rings. The molecule has 1 heterocycles. The van der Waals surface area contributed by atoms with E-state index in [1.807, 2.05) is 0 Å². The van der Waals surface area contributed by atoms with Gasteiger partial charge in [0, 0.05) is 11.2 Å². The summed E-state index contributed by atoms with van der Waals surface area (Å²) in [6.45, 7) is 1.44. The lowest BCUT2D eigenvalue weighted by Gasteiger charge is -2.14. The zero-order valence-electron chi connectivity index (χ0n) is 11.8. The maximum Gasteiger partial charge on any atom is 0.339 e. The Morgan fingerprint density at radius 2 is 1.91 bits per heavy atom. The molecule has 1 unspecified atom stereocenters. The van der Waals surface area contributed by atoms with Crippen molar-refractivity contribution in [2.75, 3.05) is 5.32 Å². The molecule has 1 aromatic carbocycles. The van der Waals surface area contributed by atoms with Gasteiger partial charge in [-0.15, -0.1) is 0 Å². The Morgan fingerprint density at radius 3 is 2.61 bits per heavy atom. The Labute approximate surface area is 147 Å². The Kier molecular flexibility index (Phi) is 5.82. The van der Waals surface area contributed by atoms with Gasteiger partial charge in [-0.25, -0.2) is 9.78 Å². The van der Waals surface area contributed by atoms with Crippen molar-refractivity contribution < 1.29 is 14.3 Å². The molecule has 2 rings (SSSR count). The maximum atomic E-state index is 12.1. The van der Waals surface area contributed by atoms with Gasteiger partial charge < -0.3 is 10.1 Å². The minimum Gasteiger partial charge on any atom is -0.449 e. The van der Waals surface area contributed by atoms with Crippen molar-refractivity contribution in [3.63, 3.8) is 0 Å². The lowest BCUT2D eigenvalue weighted by molar-refractivity contribution is -0.123. The van der Waals surface area contributed by atoms with Crippen LogP contribution in [0.4, 0.5) is 5.69 Å². The van der Waals surface area contributed by atoms with Crippen LogP contribution in [0.15, 0.2) is 36.5 Å². The van der Waals surface area contributed by atoms with Gasteiger partial charge in [0.25, 0.3) is 5.91 Å². The number of carbonyl (C=O) groups is 2. The lowest BCUT2D eigenvalue weighted by Crippen LogP contribution is -2.30. The number of amides is 1. The van der Waals surface area contributed by atoms with Crippen molar-refractivity contribution in [3.05, 3.63) is 57.3 Å². The molecule has 0 saturated carbocycles. The number of nitrogens with one attached hydrogen (secondary N) is 1. The number of benzene rings is 1. The fourth-order valence-electron chi connectivity index (χ4n) is 1.64. The predicted molar refractivity (Wildman–Crippen MR) is 89.2 cm³/mol.